The van der Waals surface area contributed by atoms with E-state index in [-0.39, 0.29) is 5.91 Å². The number of rotatable bonds is 6. The first-order valence-corrected chi connectivity index (χ1v) is 7.95. The molecule has 1 aliphatic rings. The quantitative estimate of drug-likeness (QED) is 0.835. The molecule has 0 atom stereocenters. The number of carbonyl (C=O) groups is 1. The summed E-state index contributed by atoms with van der Waals surface area (Å²) in [5, 5.41) is 2.95. The van der Waals surface area contributed by atoms with Crippen LogP contribution in [0.2, 0.25) is 0 Å². The van der Waals surface area contributed by atoms with Gasteiger partial charge in [-0.15, -0.1) is 0 Å². The van der Waals surface area contributed by atoms with Crippen LogP contribution in [0.25, 0.3) is 0 Å². The average molecular weight is 306 g/mol. The van der Waals surface area contributed by atoms with Gasteiger partial charge in [-0.2, -0.15) is 0 Å². The lowest BCUT2D eigenvalue weighted by molar-refractivity contribution is -0.130. The number of aromatic nitrogens is 1. The molecular weight excluding hydrogens is 280 g/mol. The van der Waals surface area contributed by atoms with Crippen molar-refractivity contribution in [1.29, 1.82) is 0 Å². The molecule has 0 spiro atoms. The lowest BCUT2D eigenvalue weighted by Crippen LogP contribution is -2.46. The molecule has 122 valence electrons. The van der Waals surface area contributed by atoms with E-state index in [1.807, 2.05) is 12.1 Å². The summed E-state index contributed by atoms with van der Waals surface area (Å²) >= 11 is 0. The van der Waals surface area contributed by atoms with Crippen LogP contribution in [0, 0.1) is 5.41 Å². The first kappa shape index (κ1) is 16.7. The van der Waals surface area contributed by atoms with Crippen molar-refractivity contribution in [3.63, 3.8) is 0 Å². The third kappa shape index (κ3) is 3.56. The maximum absolute atomic E-state index is 12.6. The predicted octanol–water partition coefficient (Wildman–Crippen LogP) is 1.62. The number of nitrogens with zero attached hydrogens (tertiary/aromatic N) is 2. The maximum atomic E-state index is 12.6. The largest absolute Gasteiger partial charge is 0.381 e. The zero-order valence-electron chi connectivity index (χ0n) is 13.5. The van der Waals surface area contributed by atoms with E-state index in [0.29, 0.717) is 38.3 Å². The van der Waals surface area contributed by atoms with Gasteiger partial charge >= 0.3 is 0 Å². The van der Waals surface area contributed by atoms with Crippen LogP contribution in [-0.4, -0.2) is 43.7 Å². The molecule has 6 nitrogen and oxygen atoms in total. The van der Waals surface area contributed by atoms with E-state index >= 15 is 0 Å². The molecule has 1 fully saturated rings. The molecule has 0 bridgehead atoms. The van der Waals surface area contributed by atoms with Gasteiger partial charge in [0.1, 0.15) is 5.82 Å². The van der Waals surface area contributed by atoms with Crippen molar-refractivity contribution >= 4 is 17.4 Å². The fourth-order valence-corrected chi connectivity index (χ4v) is 2.74. The van der Waals surface area contributed by atoms with Gasteiger partial charge < -0.3 is 20.7 Å². The number of nitrogens with two attached hydrogens (primary N) is 1. The molecule has 1 aromatic heterocycles. The fraction of sp³-hybridized carbons (Fsp3) is 0.625. The third-order valence-corrected chi connectivity index (χ3v) is 4.42. The van der Waals surface area contributed by atoms with Gasteiger partial charge in [0.2, 0.25) is 5.91 Å². The number of pyridine rings is 1. The van der Waals surface area contributed by atoms with Gasteiger partial charge in [0.15, 0.2) is 0 Å². The Balaban J connectivity index is 2.05. The monoisotopic (exact) mass is 306 g/mol. The van der Waals surface area contributed by atoms with E-state index in [1.54, 1.807) is 6.20 Å². The third-order valence-electron chi connectivity index (χ3n) is 4.42. The predicted molar refractivity (Wildman–Crippen MR) is 88.0 cm³/mol. The number of amides is 1. The van der Waals surface area contributed by atoms with Crippen LogP contribution in [0.15, 0.2) is 18.3 Å². The Morgan fingerprint density at radius 3 is 2.55 bits per heavy atom. The number of ether oxygens (including phenoxy) is 1. The molecule has 0 aliphatic carbocycles. The van der Waals surface area contributed by atoms with Crippen LogP contribution in [-0.2, 0) is 9.53 Å². The Hall–Kier alpha value is -1.66. The highest BCUT2D eigenvalue weighted by atomic mass is 16.5. The van der Waals surface area contributed by atoms with Crippen LogP contribution in [0.4, 0.5) is 11.5 Å². The Kier molecular flexibility index (Phi) is 5.74. The fourth-order valence-electron chi connectivity index (χ4n) is 2.74. The second-order valence-corrected chi connectivity index (χ2v) is 5.63. The standard InChI is InChI=1S/C16H26N4O2/c1-3-20(4-2)14-6-5-13(11-18-14)19-15(21)16(12-17)7-9-22-10-8-16/h5-6,11H,3-4,7-10,12,17H2,1-2H3,(H,19,21). The van der Waals surface area contributed by atoms with Gasteiger partial charge in [-0.05, 0) is 38.8 Å². The molecule has 1 amide bonds. The molecule has 0 saturated carbocycles. The lowest BCUT2D eigenvalue weighted by Gasteiger charge is -2.34. The Bertz CT molecular complexity index is 479. The van der Waals surface area contributed by atoms with Crippen molar-refractivity contribution in [2.45, 2.75) is 26.7 Å². The van der Waals surface area contributed by atoms with Gasteiger partial charge in [-0.25, -0.2) is 4.98 Å². The summed E-state index contributed by atoms with van der Waals surface area (Å²) in [6, 6.07) is 3.82. The molecule has 0 aromatic carbocycles. The number of anilines is 2. The van der Waals surface area contributed by atoms with Crippen LogP contribution < -0.4 is 16.0 Å². The highest BCUT2D eigenvalue weighted by molar-refractivity contribution is 5.95. The van der Waals surface area contributed by atoms with Crippen LogP contribution in [0.1, 0.15) is 26.7 Å². The summed E-state index contributed by atoms with van der Waals surface area (Å²) < 4.78 is 5.34. The number of nitrogens with one attached hydrogen (secondary N) is 1. The van der Waals surface area contributed by atoms with Gasteiger partial charge in [0, 0.05) is 32.8 Å². The highest BCUT2D eigenvalue weighted by Gasteiger charge is 2.38. The summed E-state index contributed by atoms with van der Waals surface area (Å²) in [6.45, 7) is 7.52. The van der Waals surface area contributed by atoms with Crippen LogP contribution in [0.3, 0.4) is 0 Å². The Morgan fingerprint density at radius 1 is 1.36 bits per heavy atom. The van der Waals surface area contributed by atoms with Gasteiger partial charge in [0.25, 0.3) is 0 Å². The van der Waals surface area contributed by atoms with E-state index in [2.05, 4.69) is 29.0 Å². The topological polar surface area (TPSA) is 80.5 Å². The smallest absolute Gasteiger partial charge is 0.232 e. The number of hydrogen-bond donors (Lipinski definition) is 2. The molecule has 6 heteroatoms. The highest BCUT2D eigenvalue weighted by Crippen LogP contribution is 2.31. The van der Waals surface area contributed by atoms with Gasteiger partial charge in [-0.1, -0.05) is 0 Å². The first-order valence-electron chi connectivity index (χ1n) is 7.95. The second-order valence-electron chi connectivity index (χ2n) is 5.63. The summed E-state index contributed by atoms with van der Waals surface area (Å²) in [5.74, 6) is 0.887. The summed E-state index contributed by atoms with van der Waals surface area (Å²) in [4.78, 5) is 19.1. The van der Waals surface area contributed by atoms with Crippen molar-refractivity contribution in [2.24, 2.45) is 11.1 Å². The molecule has 2 rings (SSSR count). The molecule has 1 aliphatic heterocycles. The van der Waals surface area contributed by atoms with E-state index in [4.69, 9.17) is 10.5 Å². The minimum Gasteiger partial charge on any atom is -0.381 e. The zero-order valence-corrected chi connectivity index (χ0v) is 13.5. The second kappa shape index (κ2) is 7.56. The maximum Gasteiger partial charge on any atom is 0.232 e. The lowest BCUT2D eigenvalue weighted by atomic mass is 9.79. The van der Waals surface area contributed by atoms with E-state index < -0.39 is 5.41 Å². The molecule has 22 heavy (non-hydrogen) atoms. The van der Waals surface area contributed by atoms with E-state index in [0.717, 1.165) is 18.9 Å². The van der Waals surface area contributed by atoms with Crippen molar-refractivity contribution < 1.29 is 9.53 Å². The van der Waals surface area contributed by atoms with Crippen molar-refractivity contribution in [3.8, 4) is 0 Å². The molecule has 1 aromatic rings. The summed E-state index contributed by atoms with van der Waals surface area (Å²) in [7, 11) is 0. The van der Waals surface area contributed by atoms with Crippen molar-refractivity contribution in [1.82, 2.24) is 4.98 Å². The average Bonchev–Trinajstić information content (AvgIpc) is 2.58. The minimum atomic E-state index is -0.518. The van der Waals surface area contributed by atoms with Crippen LogP contribution in [0.5, 0.6) is 0 Å². The van der Waals surface area contributed by atoms with E-state index in [9.17, 15) is 4.79 Å². The molecule has 2 heterocycles. The SMILES string of the molecule is CCN(CC)c1ccc(NC(=O)C2(CN)CCOCC2)cn1. The number of hydrogen-bond acceptors (Lipinski definition) is 5. The zero-order chi connectivity index (χ0) is 16.0. The molecule has 1 saturated heterocycles. The van der Waals surface area contributed by atoms with Gasteiger partial charge in [-0.3, -0.25) is 4.79 Å². The van der Waals surface area contributed by atoms with Gasteiger partial charge in [0.05, 0.1) is 17.3 Å². The molecular formula is C16H26N4O2. The van der Waals surface area contributed by atoms with E-state index in [1.165, 1.54) is 0 Å². The molecule has 0 unspecified atom stereocenters. The normalized spacial score (nSPS) is 17.0. The summed E-state index contributed by atoms with van der Waals surface area (Å²) in [5.41, 5.74) is 6.04. The van der Waals surface area contributed by atoms with Crippen LogP contribution >= 0.6 is 0 Å². The molecule has 0 radical (unpaired) electrons. The Labute approximate surface area is 132 Å². The number of carbonyl (C=O) groups excluding carboxylic acids is 1. The van der Waals surface area contributed by atoms with Crippen molar-refractivity contribution in [2.75, 3.05) is 43.1 Å². The summed E-state index contributed by atoms with van der Waals surface area (Å²) in [6.07, 6.45) is 3.04. The molecule has 3 N–H and O–H groups in total. The first-order chi connectivity index (χ1) is 10.6. The Morgan fingerprint density at radius 2 is 2.05 bits per heavy atom. The minimum absolute atomic E-state index is 0.0318. The van der Waals surface area contributed by atoms with Crippen molar-refractivity contribution in [3.05, 3.63) is 18.3 Å².